The van der Waals surface area contributed by atoms with Crippen LogP contribution in [-0.4, -0.2) is 41.8 Å². The van der Waals surface area contributed by atoms with Crippen LogP contribution in [0.1, 0.15) is 30.1 Å². The van der Waals surface area contributed by atoms with E-state index in [0.29, 0.717) is 19.7 Å². The molecule has 114 valence electrons. The van der Waals surface area contributed by atoms with Gasteiger partial charge in [0.05, 0.1) is 16.6 Å². The van der Waals surface area contributed by atoms with Crippen LogP contribution in [0.25, 0.3) is 0 Å². The van der Waals surface area contributed by atoms with Crippen LogP contribution >= 0.6 is 0 Å². The molecule has 7 heteroatoms. The predicted octanol–water partition coefficient (Wildman–Crippen LogP) is 2.30. The second kappa shape index (κ2) is 6.53. The van der Waals surface area contributed by atoms with Crippen LogP contribution in [0.2, 0.25) is 0 Å². The summed E-state index contributed by atoms with van der Waals surface area (Å²) in [6.45, 7) is 3.53. The first-order valence-corrected chi connectivity index (χ1v) is 6.91. The van der Waals surface area contributed by atoms with E-state index >= 15 is 0 Å². The topological polar surface area (TPSA) is 92.9 Å². The smallest absolute Gasteiger partial charge is 0.338 e. The number of nitro benzene ring substituents is 1. The van der Waals surface area contributed by atoms with Crippen molar-refractivity contribution in [2.24, 2.45) is 0 Å². The molecule has 0 saturated carbocycles. The Kier molecular flexibility index (Phi) is 4.74. The van der Waals surface area contributed by atoms with E-state index in [9.17, 15) is 20.0 Å². The van der Waals surface area contributed by atoms with Crippen LogP contribution in [0.5, 0.6) is 0 Å². The summed E-state index contributed by atoms with van der Waals surface area (Å²) in [6.07, 6.45) is 1.67. The molecule has 1 aromatic rings. The Morgan fingerprint density at radius 3 is 2.95 bits per heavy atom. The maximum absolute atomic E-state index is 11.4. The number of carboxylic acids is 1. The van der Waals surface area contributed by atoms with Crippen LogP contribution in [-0.2, 0) is 4.74 Å². The Morgan fingerprint density at radius 2 is 2.33 bits per heavy atom. The lowest BCUT2D eigenvalue weighted by Crippen LogP contribution is -2.40. The highest BCUT2D eigenvalue weighted by Gasteiger charge is 2.30. The largest absolute Gasteiger partial charge is 0.478 e. The fourth-order valence-electron chi connectivity index (χ4n) is 2.70. The number of anilines is 1. The number of hydrogen-bond donors (Lipinski definition) is 1. The third kappa shape index (κ3) is 3.30. The van der Waals surface area contributed by atoms with E-state index < -0.39 is 10.9 Å². The van der Waals surface area contributed by atoms with Gasteiger partial charge in [-0.05, 0) is 25.8 Å². The van der Waals surface area contributed by atoms with Gasteiger partial charge < -0.3 is 14.7 Å². The zero-order valence-corrected chi connectivity index (χ0v) is 11.8. The molecule has 1 heterocycles. The van der Waals surface area contributed by atoms with Gasteiger partial charge >= 0.3 is 5.97 Å². The fraction of sp³-hybridized carbons (Fsp3) is 0.500. The molecule has 1 unspecified atom stereocenters. The Balaban J connectivity index is 2.40. The average molecular weight is 294 g/mol. The van der Waals surface area contributed by atoms with Crippen LogP contribution in [0.4, 0.5) is 11.4 Å². The minimum absolute atomic E-state index is 0.0230. The molecule has 0 aliphatic carbocycles. The molecule has 1 aromatic carbocycles. The molecule has 1 aliphatic rings. The third-order valence-electron chi connectivity index (χ3n) is 3.54. The lowest BCUT2D eigenvalue weighted by atomic mass is 10.0. The molecule has 2 rings (SSSR count). The maximum Gasteiger partial charge on any atom is 0.338 e. The van der Waals surface area contributed by atoms with Crippen molar-refractivity contribution >= 4 is 17.3 Å². The quantitative estimate of drug-likeness (QED) is 0.661. The first kappa shape index (κ1) is 15.2. The van der Waals surface area contributed by atoms with E-state index in [1.54, 1.807) is 4.90 Å². The summed E-state index contributed by atoms with van der Waals surface area (Å²) in [7, 11) is 0. The van der Waals surface area contributed by atoms with Gasteiger partial charge in [0, 0.05) is 25.8 Å². The van der Waals surface area contributed by atoms with Crippen molar-refractivity contribution in [3.8, 4) is 0 Å². The first-order chi connectivity index (χ1) is 10.0. The van der Waals surface area contributed by atoms with Crippen molar-refractivity contribution < 1.29 is 19.6 Å². The monoisotopic (exact) mass is 294 g/mol. The number of ether oxygens (including phenoxy) is 1. The highest BCUT2D eigenvalue weighted by atomic mass is 16.6. The van der Waals surface area contributed by atoms with E-state index in [-0.39, 0.29) is 23.0 Å². The molecule has 1 N–H and O–H groups in total. The number of rotatable bonds is 5. The molecular weight excluding hydrogens is 276 g/mol. The minimum Gasteiger partial charge on any atom is -0.478 e. The van der Waals surface area contributed by atoms with Gasteiger partial charge in [0.25, 0.3) is 5.69 Å². The second-order valence-corrected chi connectivity index (χ2v) is 4.90. The van der Waals surface area contributed by atoms with E-state index in [1.807, 2.05) is 6.92 Å². The SMILES string of the molecule is CCOC1CCCN(c2c(C(=O)O)cccc2[N+](=O)[O-])C1. The number of aromatic carboxylic acids is 1. The van der Waals surface area contributed by atoms with Crippen molar-refractivity contribution in [2.75, 3.05) is 24.6 Å². The zero-order valence-electron chi connectivity index (χ0n) is 11.8. The summed E-state index contributed by atoms with van der Waals surface area (Å²) in [6, 6.07) is 4.13. The number of nitro groups is 1. The number of nitrogens with zero attached hydrogens (tertiary/aromatic N) is 2. The number of para-hydroxylation sites is 1. The fourth-order valence-corrected chi connectivity index (χ4v) is 2.70. The van der Waals surface area contributed by atoms with Gasteiger partial charge in [0.2, 0.25) is 0 Å². The lowest BCUT2D eigenvalue weighted by Gasteiger charge is -2.34. The number of carboxylic acid groups (broad SMARTS) is 1. The van der Waals surface area contributed by atoms with Crippen molar-refractivity contribution in [2.45, 2.75) is 25.9 Å². The van der Waals surface area contributed by atoms with Gasteiger partial charge in [-0.3, -0.25) is 10.1 Å². The second-order valence-electron chi connectivity index (χ2n) is 4.90. The zero-order chi connectivity index (χ0) is 15.4. The van der Waals surface area contributed by atoms with Crippen molar-refractivity contribution in [1.82, 2.24) is 0 Å². The van der Waals surface area contributed by atoms with Crippen LogP contribution in [0.15, 0.2) is 18.2 Å². The third-order valence-corrected chi connectivity index (χ3v) is 3.54. The summed E-state index contributed by atoms with van der Waals surface area (Å²) in [5.41, 5.74) is -0.0344. The van der Waals surface area contributed by atoms with E-state index in [2.05, 4.69) is 0 Å². The molecule has 1 atom stereocenters. The van der Waals surface area contributed by atoms with Gasteiger partial charge in [-0.25, -0.2) is 4.79 Å². The molecule has 0 amide bonds. The van der Waals surface area contributed by atoms with Crippen LogP contribution in [0, 0.1) is 10.1 Å². The van der Waals surface area contributed by atoms with Crippen LogP contribution in [0.3, 0.4) is 0 Å². The highest BCUT2D eigenvalue weighted by molar-refractivity contribution is 5.97. The van der Waals surface area contributed by atoms with Gasteiger partial charge in [-0.15, -0.1) is 0 Å². The van der Waals surface area contributed by atoms with Crippen LogP contribution < -0.4 is 4.90 Å². The lowest BCUT2D eigenvalue weighted by molar-refractivity contribution is -0.384. The maximum atomic E-state index is 11.4. The summed E-state index contributed by atoms with van der Waals surface area (Å²) in [5, 5.41) is 20.5. The van der Waals surface area contributed by atoms with Crippen molar-refractivity contribution in [1.29, 1.82) is 0 Å². The van der Waals surface area contributed by atoms with E-state index in [1.165, 1.54) is 18.2 Å². The Labute approximate surface area is 122 Å². The van der Waals surface area contributed by atoms with Gasteiger partial charge in [0.1, 0.15) is 5.69 Å². The van der Waals surface area contributed by atoms with Gasteiger partial charge in [-0.1, -0.05) is 6.07 Å². The molecule has 0 bridgehead atoms. The number of benzene rings is 1. The summed E-state index contributed by atoms with van der Waals surface area (Å²) in [4.78, 5) is 23.8. The van der Waals surface area contributed by atoms with E-state index in [0.717, 1.165) is 12.8 Å². The molecule has 1 fully saturated rings. The Bertz CT molecular complexity index is 512. The predicted molar refractivity (Wildman–Crippen MR) is 76.9 cm³/mol. The summed E-state index contributed by atoms with van der Waals surface area (Å²) >= 11 is 0. The Morgan fingerprint density at radius 1 is 1.57 bits per heavy atom. The molecule has 21 heavy (non-hydrogen) atoms. The van der Waals surface area contributed by atoms with Crippen molar-refractivity contribution in [3.05, 3.63) is 33.9 Å². The average Bonchev–Trinajstić information content (AvgIpc) is 2.47. The molecular formula is C14H18N2O5. The molecule has 1 aliphatic heterocycles. The molecule has 7 nitrogen and oxygen atoms in total. The van der Waals surface area contributed by atoms with E-state index in [4.69, 9.17) is 4.74 Å². The van der Waals surface area contributed by atoms with Gasteiger partial charge in [0.15, 0.2) is 0 Å². The molecule has 1 saturated heterocycles. The minimum atomic E-state index is -1.16. The standard InChI is InChI=1S/C14H18N2O5/c1-2-21-10-5-4-8-15(9-10)13-11(14(17)18)6-3-7-12(13)16(19)20/h3,6-7,10H,2,4-5,8-9H2,1H3,(H,17,18). The number of hydrogen-bond acceptors (Lipinski definition) is 5. The number of piperidine rings is 1. The summed E-state index contributed by atoms with van der Waals surface area (Å²) in [5.74, 6) is -1.16. The number of carbonyl (C=O) groups is 1. The molecule has 0 aromatic heterocycles. The highest BCUT2D eigenvalue weighted by Crippen LogP contribution is 2.34. The summed E-state index contributed by atoms with van der Waals surface area (Å²) < 4.78 is 5.58. The van der Waals surface area contributed by atoms with Crippen molar-refractivity contribution in [3.63, 3.8) is 0 Å². The normalized spacial score (nSPS) is 18.5. The molecule has 0 spiro atoms. The first-order valence-electron chi connectivity index (χ1n) is 6.91. The van der Waals surface area contributed by atoms with Gasteiger partial charge in [-0.2, -0.15) is 0 Å². The Hall–Kier alpha value is -2.15. The molecule has 0 radical (unpaired) electrons.